The summed E-state index contributed by atoms with van der Waals surface area (Å²) in [6.45, 7) is 1.43. The normalized spacial score (nSPS) is 17.9. The van der Waals surface area contributed by atoms with Gasteiger partial charge in [-0.2, -0.15) is 0 Å². The van der Waals surface area contributed by atoms with Crippen LogP contribution in [0.15, 0.2) is 11.1 Å². The van der Waals surface area contributed by atoms with Crippen molar-refractivity contribution in [2.24, 2.45) is 5.92 Å². The molecule has 1 saturated carbocycles. The molecule has 0 aromatic carbocycles. The highest BCUT2D eigenvalue weighted by molar-refractivity contribution is 5.94. The Balaban J connectivity index is 2.99. The first kappa shape index (κ1) is 10.8. The van der Waals surface area contributed by atoms with Crippen molar-refractivity contribution in [2.45, 2.75) is 32.6 Å². The van der Waals surface area contributed by atoms with E-state index in [0.29, 0.717) is 0 Å². The third-order valence-electron chi connectivity index (χ3n) is 2.62. The zero-order valence-electron chi connectivity index (χ0n) is 8.12. The lowest BCUT2D eigenvalue weighted by atomic mass is 9.95. The Morgan fingerprint density at radius 2 is 1.71 bits per heavy atom. The molecule has 0 amide bonds. The predicted octanol–water partition coefficient (Wildman–Crippen LogP) is 1.66. The molecule has 1 aliphatic carbocycles. The second kappa shape index (κ2) is 4.26. The fourth-order valence-electron chi connectivity index (χ4n) is 1.84. The molecule has 0 aromatic rings. The minimum absolute atomic E-state index is 0.0926. The third-order valence-corrected chi connectivity index (χ3v) is 2.62. The smallest absolute Gasteiger partial charge is 0.332 e. The van der Waals surface area contributed by atoms with Crippen LogP contribution in [0.25, 0.3) is 0 Å². The predicted molar refractivity (Wildman–Crippen MR) is 49.9 cm³/mol. The molecule has 4 nitrogen and oxygen atoms in total. The highest BCUT2D eigenvalue weighted by Gasteiger charge is 2.27. The topological polar surface area (TPSA) is 74.6 Å². The van der Waals surface area contributed by atoms with Crippen molar-refractivity contribution in [3.63, 3.8) is 0 Å². The molecule has 1 fully saturated rings. The van der Waals surface area contributed by atoms with E-state index in [1.807, 2.05) is 0 Å². The largest absolute Gasteiger partial charge is 0.481 e. The van der Waals surface area contributed by atoms with Gasteiger partial charge in [0.15, 0.2) is 0 Å². The van der Waals surface area contributed by atoms with Crippen molar-refractivity contribution in [1.82, 2.24) is 0 Å². The van der Waals surface area contributed by atoms with Crippen LogP contribution in [-0.4, -0.2) is 22.2 Å². The number of allylic oxidation sites excluding steroid dienone is 1. The molecule has 0 radical (unpaired) electrons. The monoisotopic (exact) mass is 198 g/mol. The van der Waals surface area contributed by atoms with Crippen LogP contribution < -0.4 is 0 Å². The summed E-state index contributed by atoms with van der Waals surface area (Å²) in [5.74, 6) is -3.06. The summed E-state index contributed by atoms with van der Waals surface area (Å²) in [5, 5.41) is 17.7. The zero-order chi connectivity index (χ0) is 10.7. The van der Waals surface area contributed by atoms with E-state index in [-0.39, 0.29) is 5.57 Å². The molecule has 4 heteroatoms. The van der Waals surface area contributed by atoms with Crippen LogP contribution in [0.3, 0.4) is 0 Å². The van der Waals surface area contributed by atoms with Gasteiger partial charge in [-0.15, -0.1) is 0 Å². The van der Waals surface area contributed by atoms with E-state index in [1.54, 1.807) is 0 Å². The van der Waals surface area contributed by atoms with Gasteiger partial charge < -0.3 is 10.2 Å². The van der Waals surface area contributed by atoms with Crippen LogP contribution in [0, 0.1) is 5.92 Å². The van der Waals surface area contributed by atoms with Gasteiger partial charge in [0.2, 0.25) is 0 Å². The summed E-state index contributed by atoms with van der Waals surface area (Å²) in [7, 11) is 0. The second-order valence-corrected chi connectivity index (χ2v) is 3.59. The molecule has 0 spiro atoms. The van der Waals surface area contributed by atoms with E-state index in [1.165, 1.54) is 6.92 Å². The van der Waals surface area contributed by atoms with Gasteiger partial charge in [0.05, 0.1) is 11.5 Å². The highest BCUT2D eigenvalue weighted by Crippen LogP contribution is 2.30. The average molecular weight is 198 g/mol. The van der Waals surface area contributed by atoms with Crippen molar-refractivity contribution >= 4 is 11.9 Å². The molecule has 0 saturated heterocycles. The van der Waals surface area contributed by atoms with Crippen molar-refractivity contribution in [1.29, 1.82) is 0 Å². The van der Waals surface area contributed by atoms with E-state index < -0.39 is 17.9 Å². The fraction of sp³-hybridized carbons (Fsp3) is 0.600. The molecule has 1 atom stereocenters. The lowest BCUT2D eigenvalue weighted by Crippen LogP contribution is -2.19. The second-order valence-electron chi connectivity index (χ2n) is 3.59. The molecule has 14 heavy (non-hydrogen) atoms. The molecule has 2 N–H and O–H groups in total. The summed E-state index contributed by atoms with van der Waals surface area (Å²) in [6.07, 6.45) is 3.41. The third kappa shape index (κ3) is 2.13. The minimum atomic E-state index is -1.09. The maximum absolute atomic E-state index is 10.9. The first-order chi connectivity index (χ1) is 6.54. The minimum Gasteiger partial charge on any atom is -0.481 e. The molecule has 1 aliphatic rings. The zero-order valence-corrected chi connectivity index (χ0v) is 8.12. The molecule has 1 unspecified atom stereocenters. The molecule has 0 aromatic heterocycles. The summed E-state index contributed by atoms with van der Waals surface area (Å²) in [4.78, 5) is 21.6. The van der Waals surface area contributed by atoms with E-state index in [9.17, 15) is 9.59 Å². The quantitative estimate of drug-likeness (QED) is 0.676. The van der Waals surface area contributed by atoms with Gasteiger partial charge in [0.1, 0.15) is 0 Å². The van der Waals surface area contributed by atoms with Crippen molar-refractivity contribution in [3.05, 3.63) is 11.1 Å². The van der Waals surface area contributed by atoms with Crippen LogP contribution in [0.2, 0.25) is 0 Å². The van der Waals surface area contributed by atoms with E-state index in [4.69, 9.17) is 10.2 Å². The molecule has 0 bridgehead atoms. The van der Waals surface area contributed by atoms with Crippen LogP contribution in [0.1, 0.15) is 32.6 Å². The van der Waals surface area contributed by atoms with Gasteiger partial charge in [0, 0.05) is 0 Å². The average Bonchev–Trinajstić information content (AvgIpc) is 2.56. The first-order valence-corrected chi connectivity index (χ1v) is 4.72. The Labute approximate surface area is 82.2 Å². The molecule has 1 rings (SSSR count). The summed E-state index contributed by atoms with van der Waals surface area (Å²) in [5.41, 5.74) is 0.905. The van der Waals surface area contributed by atoms with E-state index >= 15 is 0 Å². The number of hydrogen-bond donors (Lipinski definition) is 2. The maximum Gasteiger partial charge on any atom is 0.332 e. The Morgan fingerprint density at radius 1 is 1.21 bits per heavy atom. The lowest BCUT2D eigenvalue weighted by molar-refractivity contribution is -0.143. The van der Waals surface area contributed by atoms with Gasteiger partial charge in [-0.05, 0) is 32.6 Å². The number of aliphatic carboxylic acids is 2. The molecule has 78 valence electrons. The van der Waals surface area contributed by atoms with Gasteiger partial charge >= 0.3 is 11.9 Å². The van der Waals surface area contributed by atoms with Gasteiger partial charge in [0.25, 0.3) is 0 Å². The van der Waals surface area contributed by atoms with Crippen LogP contribution in [0.5, 0.6) is 0 Å². The van der Waals surface area contributed by atoms with Crippen LogP contribution in [0.4, 0.5) is 0 Å². The van der Waals surface area contributed by atoms with Gasteiger partial charge in [-0.25, -0.2) is 4.79 Å². The molecular formula is C10H14O4. The lowest BCUT2D eigenvalue weighted by Gasteiger charge is -2.10. The van der Waals surface area contributed by atoms with Gasteiger partial charge in [-0.1, -0.05) is 5.57 Å². The summed E-state index contributed by atoms with van der Waals surface area (Å²) >= 11 is 0. The fourth-order valence-corrected chi connectivity index (χ4v) is 1.84. The van der Waals surface area contributed by atoms with Crippen molar-refractivity contribution in [3.8, 4) is 0 Å². The van der Waals surface area contributed by atoms with Crippen LogP contribution in [-0.2, 0) is 9.59 Å². The van der Waals surface area contributed by atoms with E-state index in [0.717, 1.165) is 31.3 Å². The van der Waals surface area contributed by atoms with E-state index in [2.05, 4.69) is 0 Å². The summed E-state index contributed by atoms with van der Waals surface area (Å²) in [6, 6.07) is 0. The van der Waals surface area contributed by atoms with Crippen molar-refractivity contribution < 1.29 is 19.8 Å². The molecule has 0 heterocycles. The van der Waals surface area contributed by atoms with Crippen molar-refractivity contribution in [2.75, 3.05) is 0 Å². The Hall–Kier alpha value is -1.32. The number of carboxylic acids is 2. The SMILES string of the molecule is CC(C(=O)O)C(C(=O)O)=C1CCCC1. The summed E-state index contributed by atoms with van der Waals surface area (Å²) < 4.78 is 0. The molecule has 0 aliphatic heterocycles. The first-order valence-electron chi connectivity index (χ1n) is 4.72. The number of carbonyl (C=O) groups is 2. The van der Waals surface area contributed by atoms with Gasteiger partial charge in [-0.3, -0.25) is 4.79 Å². The highest BCUT2D eigenvalue weighted by atomic mass is 16.4. The van der Waals surface area contributed by atoms with Crippen LogP contribution >= 0.6 is 0 Å². The Bertz CT molecular complexity index is 282. The Morgan fingerprint density at radius 3 is 2.07 bits per heavy atom. The number of rotatable bonds is 3. The Kier molecular flexibility index (Phi) is 3.28. The molecular weight excluding hydrogens is 184 g/mol. The number of hydrogen-bond acceptors (Lipinski definition) is 2. The maximum atomic E-state index is 10.9. The standard InChI is InChI=1S/C10H14O4/c1-6(9(11)12)8(10(13)14)7-4-2-3-5-7/h6H,2-5H2,1H3,(H,11,12)(H,13,14). The number of carboxylic acid groups (broad SMARTS) is 2.